The Hall–Kier alpha value is -0.570. The third-order valence-electron chi connectivity index (χ3n) is 1.68. The van der Waals surface area contributed by atoms with Gasteiger partial charge in [0, 0.05) is 0 Å². The second-order valence-electron chi connectivity index (χ2n) is 3.81. The Morgan fingerprint density at radius 2 is 2.36 bits per heavy atom. The molecule has 0 fully saturated rings. The molecule has 11 heavy (non-hydrogen) atoms. The third-order valence-corrected chi connectivity index (χ3v) is 1.68. The summed E-state index contributed by atoms with van der Waals surface area (Å²) in [5, 5.41) is 1.46. The summed E-state index contributed by atoms with van der Waals surface area (Å²) in [5.41, 5.74) is 0.00201. The van der Waals surface area contributed by atoms with Crippen molar-refractivity contribution in [3.8, 4) is 0 Å². The molecule has 0 aromatic carbocycles. The van der Waals surface area contributed by atoms with Gasteiger partial charge in [-0.1, -0.05) is 20.8 Å². The van der Waals surface area contributed by atoms with Crippen LogP contribution in [0, 0.1) is 5.41 Å². The first-order valence-corrected chi connectivity index (χ1v) is 3.81. The van der Waals surface area contributed by atoms with Crippen LogP contribution in [0.2, 0.25) is 1.41 Å². The van der Waals surface area contributed by atoms with E-state index in [1.165, 1.54) is 5.31 Å². The SMILES string of the molecule is [3H]N1CC(OC)=NC1C(C)(C)C. The molecule has 0 saturated carbocycles. The van der Waals surface area contributed by atoms with Crippen molar-refractivity contribution in [3.05, 3.63) is 0 Å². The standard InChI is InChI=1S/C8H16N2O/c1-8(2,3)7-9-5-6(10-7)11-4/h7,9H,5H2,1-4H3/i/hT. The molecule has 0 spiro atoms. The lowest BCUT2D eigenvalue weighted by atomic mass is 9.93. The maximum Gasteiger partial charge on any atom is 0.199 e. The Bertz CT molecular complexity index is 198. The van der Waals surface area contributed by atoms with Gasteiger partial charge in [0.2, 0.25) is 0 Å². The van der Waals surface area contributed by atoms with Gasteiger partial charge in [0.1, 0.15) is 7.58 Å². The molecule has 0 aromatic rings. The Balaban J connectivity index is 2.73. The molecule has 3 nitrogen and oxygen atoms in total. The molecule has 1 aliphatic heterocycles. The van der Waals surface area contributed by atoms with E-state index in [9.17, 15) is 0 Å². The van der Waals surface area contributed by atoms with Crippen LogP contribution in [0.15, 0.2) is 4.99 Å². The van der Waals surface area contributed by atoms with Gasteiger partial charge in [-0.3, -0.25) is 5.31 Å². The van der Waals surface area contributed by atoms with E-state index >= 15 is 0 Å². The summed E-state index contributed by atoms with van der Waals surface area (Å²) in [6.45, 7) is 6.71. The second-order valence-corrected chi connectivity index (χ2v) is 3.81. The van der Waals surface area contributed by atoms with E-state index in [1.807, 2.05) is 0 Å². The van der Waals surface area contributed by atoms with Crippen molar-refractivity contribution in [2.24, 2.45) is 10.4 Å². The number of aliphatic imine (C=N–C) groups is 1. The van der Waals surface area contributed by atoms with E-state index in [0.29, 0.717) is 12.4 Å². The Morgan fingerprint density at radius 1 is 1.73 bits per heavy atom. The van der Waals surface area contributed by atoms with Crippen molar-refractivity contribution >= 4 is 5.90 Å². The maximum atomic E-state index is 7.62. The van der Waals surface area contributed by atoms with Gasteiger partial charge in [0.15, 0.2) is 5.90 Å². The zero-order valence-corrected chi connectivity index (χ0v) is 7.59. The summed E-state index contributed by atoms with van der Waals surface area (Å²) in [6, 6.07) is 0. The summed E-state index contributed by atoms with van der Waals surface area (Å²) in [6.07, 6.45) is -0.0764. The number of methoxy groups -OCH3 is 1. The highest BCUT2D eigenvalue weighted by molar-refractivity contribution is 5.79. The average molecular weight is 158 g/mol. The van der Waals surface area contributed by atoms with Crippen LogP contribution in [0.25, 0.3) is 0 Å². The Kier molecular flexibility index (Phi) is 1.82. The molecule has 0 radical (unpaired) electrons. The first-order valence-electron chi connectivity index (χ1n) is 4.26. The van der Waals surface area contributed by atoms with Gasteiger partial charge >= 0.3 is 0 Å². The van der Waals surface area contributed by atoms with E-state index in [2.05, 4.69) is 25.8 Å². The van der Waals surface area contributed by atoms with Crippen molar-refractivity contribution < 1.29 is 6.15 Å². The molecule has 0 saturated heterocycles. The molecule has 1 N–H and O–H groups in total. The van der Waals surface area contributed by atoms with Crippen molar-refractivity contribution in [2.75, 3.05) is 13.7 Å². The minimum absolute atomic E-state index is 0.00201. The number of ether oxygens (including phenoxy) is 1. The van der Waals surface area contributed by atoms with Crippen molar-refractivity contribution in [1.82, 2.24) is 5.31 Å². The largest absolute Gasteiger partial charge is 0.483 e. The number of nitrogens with one attached hydrogen (secondary N) is 1. The Labute approximate surface area is 69.3 Å². The van der Waals surface area contributed by atoms with Crippen LogP contribution >= 0.6 is 0 Å². The highest BCUT2D eigenvalue weighted by atomic mass is 16.5. The second kappa shape index (κ2) is 2.81. The molecule has 3 heteroatoms. The van der Waals surface area contributed by atoms with Crippen molar-refractivity contribution in [1.29, 1.82) is 0 Å². The van der Waals surface area contributed by atoms with E-state index in [4.69, 9.17) is 6.15 Å². The normalized spacial score (nSPS) is 28.2. The first kappa shape index (κ1) is 7.10. The molecule has 0 aromatic heterocycles. The fourth-order valence-corrected chi connectivity index (χ4v) is 0.967. The molecule has 1 heterocycles. The number of hydrogen-bond donors (Lipinski definition) is 1. The lowest BCUT2D eigenvalue weighted by Gasteiger charge is -2.23. The molecule has 0 bridgehead atoms. The van der Waals surface area contributed by atoms with Gasteiger partial charge in [-0.15, -0.1) is 0 Å². The summed E-state index contributed by atoms with van der Waals surface area (Å²) < 4.78 is 12.6. The molecular weight excluding hydrogens is 140 g/mol. The molecule has 64 valence electrons. The van der Waals surface area contributed by atoms with Gasteiger partial charge in [0.25, 0.3) is 0 Å². The lowest BCUT2D eigenvalue weighted by molar-refractivity contribution is 0.297. The smallest absolute Gasteiger partial charge is 0.199 e. The van der Waals surface area contributed by atoms with Crippen LogP contribution in [0.5, 0.6) is 0 Å². The molecule has 1 rings (SSSR count). The lowest BCUT2D eigenvalue weighted by Crippen LogP contribution is -2.35. The molecule has 1 aliphatic rings. The minimum atomic E-state index is -0.0764. The zero-order chi connectivity index (χ0) is 9.35. The van der Waals surface area contributed by atoms with Gasteiger partial charge in [-0.25, -0.2) is 4.99 Å². The minimum Gasteiger partial charge on any atom is -0.483 e. The van der Waals surface area contributed by atoms with Crippen LogP contribution in [0.1, 0.15) is 20.8 Å². The number of rotatable bonds is 0. The van der Waals surface area contributed by atoms with Crippen molar-refractivity contribution in [2.45, 2.75) is 26.9 Å². The maximum absolute atomic E-state index is 7.62. The predicted molar refractivity (Wildman–Crippen MR) is 45.7 cm³/mol. The van der Waals surface area contributed by atoms with Crippen LogP contribution in [-0.2, 0) is 4.74 Å². The first-order chi connectivity index (χ1) is 5.45. The summed E-state index contributed by atoms with van der Waals surface area (Å²) >= 11 is 0. The molecule has 0 amide bonds. The predicted octanol–water partition coefficient (Wildman–Crippen LogP) is 1.01. The van der Waals surface area contributed by atoms with Gasteiger partial charge in [-0.2, -0.15) is 0 Å². The molecular formula is C8H16N2O. The van der Waals surface area contributed by atoms with E-state index in [0.717, 1.165) is 0 Å². The highest BCUT2D eigenvalue weighted by Crippen LogP contribution is 2.22. The average Bonchev–Trinajstić information content (AvgIpc) is 2.29. The van der Waals surface area contributed by atoms with Crippen molar-refractivity contribution in [3.63, 3.8) is 0 Å². The number of nitrogens with zero attached hydrogens (tertiary/aromatic N) is 1. The van der Waals surface area contributed by atoms with Crippen LogP contribution in [-0.4, -0.2) is 25.7 Å². The van der Waals surface area contributed by atoms with Crippen LogP contribution < -0.4 is 5.31 Å². The topological polar surface area (TPSA) is 33.6 Å². The molecule has 0 aliphatic carbocycles. The van der Waals surface area contributed by atoms with E-state index in [-0.39, 0.29) is 11.6 Å². The Morgan fingerprint density at radius 3 is 2.64 bits per heavy atom. The fourth-order valence-electron chi connectivity index (χ4n) is 0.967. The summed E-state index contributed by atoms with van der Waals surface area (Å²) in [7, 11) is 1.59. The molecule has 1 unspecified atom stereocenters. The number of hydrogen-bond acceptors (Lipinski definition) is 3. The fraction of sp³-hybridized carbons (Fsp3) is 0.875. The van der Waals surface area contributed by atoms with Gasteiger partial charge in [-0.05, 0) is 5.41 Å². The van der Waals surface area contributed by atoms with Crippen LogP contribution in [0.4, 0.5) is 0 Å². The zero-order valence-electron chi connectivity index (χ0n) is 8.59. The van der Waals surface area contributed by atoms with Gasteiger partial charge in [0.05, 0.1) is 13.7 Å². The van der Waals surface area contributed by atoms with E-state index in [1.54, 1.807) is 7.11 Å². The summed E-state index contributed by atoms with van der Waals surface area (Å²) in [5.74, 6) is 0.657. The highest BCUT2D eigenvalue weighted by Gasteiger charge is 2.28. The summed E-state index contributed by atoms with van der Waals surface area (Å²) in [4.78, 5) is 4.29. The quantitative estimate of drug-likeness (QED) is 0.570. The monoisotopic (exact) mass is 158 g/mol. The van der Waals surface area contributed by atoms with Crippen LogP contribution in [0.3, 0.4) is 0 Å². The third kappa shape index (κ3) is 1.93. The van der Waals surface area contributed by atoms with Gasteiger partial charge < -0.3 is 4.74 Å². The van der Waals surface area contributed by atoms with E-state index < -0.39 is 0 Å². The molecule has 1 atom stereocenters.